The van der Waals surface area contributed by atoms with Crippen LogP contribution in [0.5, 0.6) is 5.75 Å². The van der Waals surface area contributed by atoms with Gasteiger partial charge in [0.05, 0.1) is 13.0 Å². The fraction of sp³-hybridized carbons (Fsp3) is 0.429. The predicted molar refractivity (Wildman–Crippen MR) is 121 cm³/mol. The average Bonchev–Trinajstić information content (AvgIpc) is 2.80. The van der Waals surface area contributed by atoms with E-state index in [9.17, 15) is 39.0 Å². The third-order valence-corrected chi connectivity index (χ3v) is 4.85. The number of aliphatic hydroxyl groups excluding tert-OH is 1. The number of hydrogen-bond acceptors (Lipinski definition) is 9. The molecule has 36 heavy (non-hydrogen) atoms. The van der Waals surface area contributed by atoms with Gasteiger partial charge in [0, 0.05) is 12.8 Å². The number of aliphatic hydroxyl groups is 1. The number of hydrogen-bond donors (Lipinski definition) is 9. The maximum Gasteiger partial charge on any atom is 0.326 e. The Morgan fingerprint density at radius 1 is 0.833 bits per heavy atom. The standard InChI is InChI=1S/C21H29N5O10/c22-12(9-27)18(32)25-14(7-10-1-3-11(28)4-2-10)19(33)26-15(8-17(30)31)20(34)24-13(21(35)36)5-6-16(23)29/h1-4,12-15,27-28H,5-9,22H2,(H2,23,29)(H,24,34)(H,25,32)(H,26,33)(H,30,31)(H,35,36). The molecule has 0 aliphatic heterocycles. The van der Waals surface area contributed by atoms with Crippen LogP contribution >= 0.6 is 0 Å². The molecule has 4 atom stereocenters. The second-order valence-corrected chi connectivity index (χ2v) is 7.78. The summed E-state index contributed by atoms with van der Waals surface area (Å²) in [5.41, 5.74) is 10.9. The molecule has 1 aromatic rings. The molecule has 0 saturated heterocycles. The van der Waals surface area contributed by atoms with Gasteiger partial charge >= 0.3 is 11.9 Å². The van der Waals surface area contributed by atoms with Crippen molar-refractivity contribution in [3.8, 4) is 5.75 Å². The Morgan fingerprint density at radius 2 is 1.36 bits per heavy atom. The molecule has 0 aliphatic rings. The number of nitrogens with one attached hydrogen (secondary N) is 3. The first kappa shape index (κ1) is 29.8. The molecular weight excluding hydrogens is 482 g/mol. The molecule has 0 radical (unpaired) electrons. The molecule has 0 spiro atoms. The van der Waals surface area contributed by atoms with Gasteiger partial charge in [0.25, 0.3) is 0 Å². The molecular formula is C21H29N5O10. The van der Waals surface area contributed by atoms with Crippen LogP contribution in [-0.2, 0) is 35.2 Å². The number of carbonyl (C=O) groups is 6. The molecule has 0 bridgehead atoms. The van der Waals surface area contributed by atoms with Crippen LogP contribution in [0.4, 0.5) is 0 Å². The smallest absolute Gasteiger partial charge is 0.326 e. The summed E-state index contributed by atoms with van der Waals surface area (Å²) in [6.45, 7) is -0.731. The van der Waals surface area contributed by atoms with Crippen molar-refractivity contribution in [1.82, 2.24) is 16.0 Å². The Balaban J connectivity index is 3.11. The Bertz CT molecular complexity index is 968. The van der Waals surface area contributed by atoms with E-state index in [1.54, 1.807) is 0 Å². The average molecular weight is 511 g/mol. The lowest BCUT2D eigenvalue weighted by Crippen LogP contribution is -2.58. The van der Waals surface area contributed by atoms with Crippen molar-refractivity contribution >= 4 is 35.6 Å². The highest BCUT2D eigenvalue weighted by Gasteiger charge is 2.31. The lowest BCUT2D eigenvalue weighted by molar-refractivity contribution is -0.143. The molecule has 0 aliphatic carbocycles. The summed E-state index contributed by atoms with van der Waals surface area (Å²) >= 11 is 0. The first-order valence-corrected chi connectivity index (χ1v) is 10.6. The minimum Gasteiger partial charge on any atom is -0.508 e. The molecule has 0 heterocycles. The van der Waals surface area contributed by atoms with Crippen LogP contribution in [0, 0.1) is 0 Å². The Morgan fingerprint density at radius 3 is 1.86 bits per heavy atom. The van der Waals surface area contributed by atoms with E-state index in [4.69, 9.17) is 21.7 Å². The number of primary amides is 1. The quantitative estimate of drug-likeness (QED) is 0.112. The minimum absolute atomic E-state index is 0.0615. The number of carbonyl (C=O) groups excluding carboxylic acids is 4. The molecule has 1 rings (SSSR count). The number of aromatic hydroxyl groups is 1. The summed E-state index contributed by atoms with van der Waals surface area (Å²) in [5.74, 6) is -6.97. The van der Waals surface area contributed by atoms with Crippen LogP contribution in [-0.4, -0.2) is 86.8 Å². The van der Waals surface area contributed by atoms with Crippen LogP contribution in [0.25, 0.3) is 0 Å². The lowest BCUT2D eigenvalue weighted by atomic mass is 10.0. The second-order valence-electron chi connectivity index (χ2n) is 7.78. The minimum atomic E-state index is -1.75. The van der Waals surface area contributed by atoms with Crippen molar-refractivity contribution in [2.75, 3.05) is 6.61 Å². The topological polar surface area (TPSA) is 271 Å². The number of amides is 4. The summed E-state index contributed by atoms with van der Waals surface area (Å²) in [6, 6.07) is -0.566. The van der Waals surface area contributed by atoms with Crippen molar-refractivity contribution in [3.63, 3.8) is 0 Å². The van der Waals surface area contributed by atoms with E-state index in [2.05, 4.69) is 16.0 Å². The van der Waals surface area contributed by atoms with Gasteiger partial charge in [0.1, 0.15) is 29.9 Å². The Kier molecular flexibility index (Phi) is 11.8. The lowest BCUT2D eigenvalue weighted by Gasteiger charge is -2.24. The van der Waals surface area contributed by atoms with Crippen LogP contribution in [0.2, 0.25) is 0 Å². The zero-order valence-corrected chi connectivity index (χ0v) is 19.0. The molecule has 0 fully saturated rings. The van der Waals surface area contributed by atoms with Crippen LogP contribution < -0.4 is 27.4 Å². The van der Waals surface area contributed by atoms with E-state index in [-0.39, 0.29) is 25.0 Å². The zero-order valence-electron chi connectivity index (χ0n) is 19.0. The van der Waals surface area contributed by atoms with Gasteiger partial charge in [0.15, 0.2) is 0 Å². The molecule has 15 heteroatoms. The van der Waals surface area contributed by atoms with Crippen LogP contribution in [0.15, 0.2) is 24.3 Å². The Hall–Kier alpha value is -4.24. The molecule has 15 nitrogen and oxygen atoms in total. The van der Waals surface area contributed by atoms with Gasteiger partial charge in [-0.2, -0.15) is 0 Å². The summed E-state index contributed by atoms with van der Waals surface area (Å²) in [6.07, 6.45) is -1.86. The maximum atomic E-state index is 13.0. The van der Waals surface area contributed by atoms with Gasteiger partial charge in [-0.05, 0) is 24.1 Å². The number of nitrogens with two attached hydrogens (primary N) is 2. The number of rotatable bonds is 15. The summed E-state index contributed by atoms with van der Waals surface area (Å²) in [4.78, 5) is 71.4. The highest BCUT2D eigenvalue weighted by atomic mass is 16.4. The van der Waals surface area contributed by atoms with Crippen LogP contribution in [0.1, 0.15) is 24.8 Å². The van der Waals surface area contributed by atoms with E-state index in [1.165, 1.54) is 24.3 Å². The first-order valence-electron chi connectivity index (χ1n) is 10.6. The number of benzene rings is 1. The van der Waals surface area contributed by atoms with Crippen molar-refractivity contribution in [3.05, 3.63) is 29.8 Å². The van der Waals surface area contributed by atoms with Gasteiger partial charge in [-0.25, -0.2) is 4.79 Å². The molecule has 11 N–H and O–H groups in total. The highest BCUT2D eigenvalue weighted by Crippen LogP contribution is 2.12. The monoisotopic (exact) mass is 511 g/mol. The number of aliphatic carboxylic acids is 2. The van der Waals surface area contributed by atoms with Gasteiger partial charge in [-0.3, -0.25) is 24.0 Å². The van der Waals surface area contributed by atoms with E-state index in [0.717, 1.165) is 0 Å². The van der Waals surface area contributed by atoms with E-state index < -0.39 is 72.8 Å². The molecule has 198 valence electrons. The molecule has 0 aromatic heterocycles. The molecule has 1 aromatic carbocycles. The fourth-order valence-electron chi connectivity index (χ4n) is 2.91. The number of carboxylic acid groups (broad SMARTS) is 2. The van der Waals surface area contributed by atoms with Crippen molar-refractivity contribution in [1.29, 1.82) is 0 Å². The second kappa shape index (κ2) is 14.2. The summed E-state index contributed by atoms with van der Waals surface area (Å²) in [7, 11) is 0. The van der Waals surface area contributed by atoms with Crippen LogP contribution in [0.3, 0.4) is 0 Å². The summed E-state index contributed by atoms with van der Waals surface area (Å²) in [5, 5.41) is 43.5. The number of phenolic OH excluding ortho intramolecular Hbond substituents is 1. The normalized spacial score (nSPS) is 13.9. The third-order valence-electron chi connectivity index (χ3n) is 4.85. The predicted octanol–water partition coefficient (Wildman–Crippen LogP) is -3.47. The Labute approximate surface area is 204 Å². The molecule has 4 unspecified atom stereocenters. The molecule has 4 amide bonds. The SMILES string of the molecule is NC(=O)CCC(NC(=O)C(CC(=O)O)NC(=O)C(Cc1ccc(O)cc1)NC(=O)C(N)CO)C(=O)O. The van der Waals surface area contributed by atoms with Gasteiger partial charge in [-0.1, -0.05) is 12.1 Å². The van der Waals surface area contributed by atoms with Crippen molar-refractivity contribution < 1.29 is 49.2 Å². The van der Waals surface area contributed by atoms with Crippen molar-refractivity contribution in [2.45, 2.75) is 49.9 Å². The van der Waals surface area contributed by atoms with Crippen molar-refractivity contribution in [2.24, 2.45) is 11.5 Å². The molecule has 0 saturated carbocycles. The van der Waals surface area contributed by atoms with E-state index in [0.29, 0.717) is 5.56 Å². The third kappa shape index (κ3) is 10.4. The largest absolute Gasteiger partial charge is 0.508 e. The highest BCUT2D eigenvalue weighted by molar-refractivity contribution is 5.95. The van der Waals surface area contributed by atoms with E-state index in [1.807, 2.05) is 0 Å². The maximum absolute atomic E-state index is 13.0. The fourth-order valence-corrected chi connectivity index (χ4v) is 2.91. The number of carboxylic acids is 2. The van der Waals surface area contributed by atoms with Gasteiger partial charge in [-0.15, -0.1) is 0 Å². The zero-order chi connectivity index (χ0) is 27.4. The summed E-state index contributed by atoms with van der Waals surface area (Å²) < 4.78 is 0. The van der Waals surface area contributed by atoms with Gasteiger partial charge < -0.3 is 47.8 Å². The number of phenols is 1. The van der Waals surface area contributed by atoms with E-state index >= 15 is 0 Å². The van der Waals surface area contributed by atoms with Gasteiger partial charge in [0.2, 0.25) is 23.6 Å². The first-order chi connectivity index (χ1) is 16.8.